The van der Waals surface area contributed by atoms with Gasteiger partial charge in [-0.1, -0.05) is 11.6 Å². The molecular weight excluding hydrogens is 230 g/mol. The third-order valence-electron chi connectivity index (χ3n) is 1.81. The zero-order valence-electron chi connectivity index (χ0n) is 8.07. The van der Waals surface area contributed by atoms with E-state index in [9.17, 15) is 4.79 Å². The van der Waals surface area contributed by atoms with Crippen molar-refractivity contribution in [1.82, 2.24) is 15.2 Å². The number of amides is 1. The molecule has 16 heavy (non-hydrogen) atoms. The lowest BCUT2D eigenvalue weighted by Gasteiger charge is -2.01. The van der Waals surface area contributed by atoms with Crippen LogP contribution >= 0.6 is 11.6 Å². The fraction of sp³-hybridized carbons (Fsp3) is 0. The number of aromatic amines is 1. The Kier molecular flexibility index (Phi) is 2.74. The van der Waals surface area contributed by atoms with Crippen molar-refractivity contribution in [3.63, 3.8) is 0 Å². The van der Waals surface area contributed by atoms with Crippen molar-refractivity contribution in [2.75, 3.05) is 11.1 Å². The molecule has 82 valence electrons. The van der Waals surface area contributed by atoms with Gasteiger partial charge >= 0.3 is 0 Å². The molecule has 0 fully saturated rings. The quantitative estimate of drug-likeness (QED) is 0.733. The lowest BCUT2D eigenvalue weighted by Crippen LogP contribution is -2.13. The predicted octanol–water partition coefficient (Wildman–Crippen LogP) is 1.29. The van der Waals surface area contributed by atoms with Crippen LogP contribution in [0.4, 0.5) is 11.6 Å². The van der Waals surface area contributed by atoms with Gasteiger partial charge in [0.15, 0.2) is 0 Å². The number of nitrogens with zero attached hydrogens (tertiary/aromatic N) is 2. The van der Waals surface area contributed by atoms with E-state index in [0.717, 1.165) is 0 Å². The summed E-state index contributed by atoms with van der Waals surface area (Å²) in [5.74, 6) is 0.244. The van der Waals surface area contributed by atoms with Crippen LogP contribution in [0.5, 0.6) is 0 Å². The molecule has 2 rings (SSSR count). The molecule has 0 radical (unpaired) electrons. The number of anilines is 2. The Balaban J connectivity index is 2.13. The number of carbonyl (C=O) groups is 1. The van der Waals surface area contributed by atoms with Crippen LogP contribution in [-0.2, 0) is 0 Å². The summed E-state index contributed by atoms with van der Waals surface area (Å²) >= 11 is 5.75. The summed E-state index contributed by atoms with van der Waals surface area (Å²) in [4.78, 5) is 15.5. The van der Waals surface area contributed by atoms with Gasteiger partial charge in [-0.25, -0.2) is 4.98 Å². The predicted molar refractivity (Wildman–Crippen MR) is 60.2 cm³/mol. The number of nitrogens with one attached hydrogen (secondary N) is 2. The molecule has 0 atom stereocenters. The maximum Gasteiger partial charge on any atom is 0.274 e. The van der Waals surface area contributed by atoms with Crippen LogP contribution in [0.25, 0.3) is 0 Å². The van der Waals surface area contributed by atoms with Gasteiger partial charge in [0, 0.05) is 17.3 Å². The largest absolute Gasteiger partial charge is 0.382 e. The Morgan fingerprint density at radius 1 is 1.50 bits per heavy atom. The summed E-state index contributed by atoms with van der Waals surface area (Å²) in [6, 6.07) is 4.59. The molecule has 0 aliphatic carbocycles. The second-order valence-electron chi connectivity index (χ2n) is 3.02. The standard InChI is InChI=1S/C9H8ClN5O/c10-5-1-2-12-8(3-5)13-9(16)6-4-7(11)15-14-6/h1-4H,(H3,11,14,15)(H,12,13,16). The summed E-state index contributed by atoms with van der Waals surface area (Å²) in [6.45, 7) is 0. The number of hydrogen-bond donors (Lipinski definition) is 3. The SMILES string of the molecule is Nc1cc(C(=O)Nc2cc(Cl)ccn2)[nH]n1. The van der Waals surface area contributed by atoms with E-state index in [2.05, 4.69) is 20.5 Å². The van der Waals surface area contributed by atoms with E-state index < -0.39 is 0 Å². The van der Waals surface area contributed by atoms with Gasteiger partial charge in [0.05, 0.1) is 0 Å². The summed E-state index contributed by atoms with van der Waals surface area (Å²) in [7, 11) is 0. The van der Waals surface area contributed by atoms with Gasteiger partial charge < -0.3 is 11.1 Å². The molecule has 0 bridgehead atoms. The molecule has 0 aliphatic rings. The molecule has 0 aromatic carbocycles. The minimum Gasteiger partial charge on any atom is -0.382 e. The number of pyridine rings is 1. The first-order valence-corrected chi connectivity index (χ1v) is 4.77. The average molecular weight is 238 g/mol. The van der Waals surface area contributed by atoms with Crippen LogP contribution in [-0.4, -0.2) is 21.1 Å². The highest BCUT2D eigenvalue weighted by molar-refractivity contribution is 6.30. The van der Waals surface area contributed by atoms with E-state index in [-0.39, 0.29) is 17.4 Å². The van der Waals surface area contributed by atoms with Crippen molar-refractivity contribution < 1.29 is 4.79 Å². The van der Waals surface area contributed by atoms with Crippen molar-refractivity contribution in [3.8, 4) is 0 Å². The Labute approximate surface area is 95.8 Å². The highest BCUT2D eigenvalue weighted by Crippen LogP contribution is 2.12. The summed E-state index contributed by atoms with van der Waals surface area (Å²) in [6.07, 6.45) is 1.50. The molecule has 1 amide bonds. The second-order valence-corrected chi connectivity index (χ2v) is 3.46. The van der Waals surface area contributed by atoms with Gasteiger partial charge in [0.2, 0.25) is 0 Å². The summed E-state index contributed by atoms with van der Waals surface area (Å²) in [5, 5.41) is 9.18. The molecule has 0 spiro atoms. The lowest BCUT2D eigenvalue weighted by atomic mass is 10.4. The first kappa shape index (κ1) is 10.4. The van der Waals surface area contributed by atoms with Gasteiger partial charge in [-0.3, -0.25) is 9.89 Å². The molecule has 0 unspecified atom stereocenters. The maximum absolute atomic E-state index is 11.6. The van der Waals surface area contributed by atoms with Gasteiger partial charge in [-0.05, 0) is 12.1 Å². The smallest absolute Gasteiger partial charge is 0.274 e. The van der Waals surface area contributed by atoms with Crippen molar-refractivity contribution in [2.24, 2.45) is 0 Å². The molecule has 0 saturated carbocycles. The van der Waals surface area contributed by atoms with Crippen molar-refractivity contribution in [3.05, 3.63) is 35.1 Å². The van der Waals surface area contributed by atoms with Crippen molar-refractivity contribution in [2.45, 2.75) is 0 Å². The minimum absolute atomic E-state index is 0.254. The number of rotatable bonds is 2. The fourth-order valence-electron chi connectivity index (χ4n) is 1.11. The molecule has 2 aromatic heterocycles. The Morgan fingerprint density at radius 2 is 2.31 bits per heavy atom. The second kappa shape index (κ2) is 4.19. The zero-order chi connectivity index (χ0) is 11.5. The maximum atomic E-state index is 11.6. The van der Waals surface area contributed by atoms with Crippen molar-refractivity contribution in [1.29, 1.82) is 0 Å². The van der Waals surface area contributed by atoms with Crippen LogP contribution in [0.3, 0.4) is 0 Å². The molecule has 0 aliphatic heterocycles. The Bertz CT molecular complexity index is 524. The van der Waals surface area contributed by atoms with Gasteiger partial charge in [-0.15, -0.1) is 0 Å². The fourth-order valence-corrected chi connectivity index (χ4v) is 1.27. The van der Waals surface area contributed by atoms with Crippen LogP contribution in [0.2, 0.25) is 5.02 Å². The number of nitrogens with two attached hydrogens (primary N) is 1. The minimum atomic E-state index is -0.376. The molecule has 0 saturated heterocycles. The van der Waals surface area contributed by atoms with Crippen LogP contribution < -0.4 is 11.1 Å². The van der Waals surface area contributed by atoms with Crippen LogP contribution in [0.1, 0.15) is 10.5 Å². The lowest BCUT2D eigenvalue weighted by molar-refractivity contribution is 0.102. The van der Waals surface area contributed by atoms with Gasteiger partial charge in [0.25, 0.3) is 5.91 Å². The normalized spacial score (nSPS) is 10.1. The number of halogens is 1. The Morgan fingerprint density at radius 3 is 2.94 bits per heavy atom. The van der Waals surface area contributed by atoms with E-state index >= 15 is 0 Å². The number of nitrogen functional groups attached to an aromatic ring is 1. The zero-order valence-corrected chi connectivity index (χ0v) is 8.82. The third kappa shape index (κ3) is 2.29. The van der Waals surface area contributed by atoms with E-state index in [0.29, 0.717) is 10.8 Å². The van der Waals surface area contributed by atoms with Crippen LogP contribution in [0, 0.1) is 0 Å². The average Bonchev–Trinajstić information content (AvgIpc) is 2.65. The first-order valence-electron chi connectivity index (χ1n) is 4.39. The molecule has 2 aromatic rings. The van der Waals surface area contributed by atoms with Gasteiger partial charge in [-0.2, -0.15) is 5.10 Å². The number of hydrogen-bond acceptors (Lipinski definition) is 4. The van der Waals surface area contributed by atoms with E-state index in [1.165, 1.54) is 12.3 Å². The molecule has 4 N–H and O–H groups in total. The number of carbonyl (C=O) groups excluding carboxylic acids is 1. The van der Waals surface area contributed by atoms with Gasteiger partial charge in [0.1, 0.15) is 17.3 Å². The van der Waals surface area contributed by atoms with E-state index in [1.807, 2.05) is 0 Å². The van der Waals surface area contributed by atoms with E-state index in [4.69, 9.17) is 17.3 Å². The Hall–Kier alpha value is -2.08. The first-order chi connectivity index (χ1) is 7.65. The van der Waals surface area contributed by atoms with E-state index in [1.54, 1.807) is 12.1 Å². The highest BCUT2D eigenvalue weighted by atomic mass is 35.5. The summed E-state index contributed by atoms with van der Waals surface area (Å²) < 4.78 is 0. The molecule has 2 heterocycles. The number of aromatic nitrogens is 3. The third-order valence-corrected chi connectivity index (χ3v) is 2.04. The summed E-state index contributed by atoms with van der Waals surface area (Å²) in [5.41, 5.74) is 5.64. The molecule has 7 heteroatoms. The highest BCUT2D eigenvalue weighted by Gasteiger charge is 2.09. The monoisotopic (exact) mass is 237 g/mol. The topological polar surface area (TPSA) is 96.7 Å². The molecular formula is C9H8ClN5O. The van der Waals surface area contributed by atoms with Crippen LogP contribution in [0.15, 0.2) is 24.4 Å². The molecule has 6 nitrogen and oxygen atoms in total. The number of H-pyrrole nitrogens is 1. The van der Waals surface area contributed by atoms with Crippen molar-refractivity contribution >= 4 is 29.1 Å².